The number of amides is 1. The second-order valence-corrected chi connectivity index (χ2v) is 11.0. The highest BCUT2D eigenvalue weighted by atomic mass is 35.5. The molecule has 2 atom stereocenters. The van der Waals surface area contributed by atoms with Crippen LogP contribution in [0.2, 0.25) is 5.15 Å². The number of aromatic nitrogens is 3. The van der Waals surface area contributed by atoms with E-state index in [1.54, 1.807) is 27.1 Å². The Morgan fingerprint density at radius 3 is 2.65 bits per heavy atom. The number of hydrogen-bond donors (Lipinski definition) is 1. The molecule has 0 spiro atoms. The first-order chi connectivity index (χ1) is 17.2. The van der Waals surface area contributed by atoms with Crippen LogP contribution in [-0.4, -0.2) is 48.6 Å². The highest BCUT2D eigenvalue weighted by molar-refractivity contribution is 6.31. The molecule has 1 amide bonds. The number of imidazole rings is 1. The monoisotopic (exact) mass is 526 g/mol. The number of fused-ring (bicyclic) bond motifs is 1. The van der Waals surface area contributed by atoms with Gasteiger partial charge in [0.05, 0.1) is 35.4 Å². The molecule has 0 radical (unpaired) electrons. The molecular weight excluding hydrogens is 496 g/mol. The van der Waals surface area contributed by atoms with Crippen LogP contribution in [0.25, 0.3) is 11.0 Å². The maximum atomic E-state index is 13.3. The summed E-state index contributed by atoms with van der Waals surface area (Å²) in [5.74, 6) is 0. The minimum absolute atomic E-state index is 0.102. The molecule has 37 heavy (non-hydrogen) atoms. The van der Waals surface area contributed by atoms with Crippen molar-refractivity contribution in [3.05, 3.63) is 51.7 Å². The molecule has 0 aliphatic carbocycles. The normalized spacial score (nSPS) is 19.2. The van der Waals surface area contributed by atoms with Crippen LogP contribution < -0.4 is 11.0 Å². The van der Waals surface area contributed by atoms with Gasteiger partial charge >= 0.3 is 11.8 Å². The van der Waals surface area contributed by atoms with Crippen molar-refractivity contribution in [2.45, 2.75) is 71.6 Å². The number of halogens is 1. The average molecular weight is 527 g/mol. The van der Waals surface area contributed by atoms with E-state index in [4.69, 9.17) is 21.1 Å². The molecule has 1 aliphatic heterocycles. The van der Waals surface area contributed by atoms with Crippen LogP contribution in [0.4, 0.5) is 16.2 Å². The first-order valence-electron chi connectivity index (χ1n) is 11.9. The highest BCUT2D eigenvalue weighted by Gasteiger charge is 2.50. The third-order valence-corrected chi connectivity index (χ3v) is 6.62. The summed E-state index contributed by atoms with van der Waals surface area (Å²) in [6.45, 7) is 11.1. The van der Waals surface area contributed by atoms with Gasteiger partial charge in [-0.25, -0.2) is 14.6 Å². The van der Waals surface area contributed by atoms with Gasteiger partial charge in [-0.3, -0.25) is 14.0 Å². The highest BCUT2D eigenvalue weighted by Crippen LogP contribution is 2.35. The number of pyridine rings is 1. The Kier molecular flexibility index (Phi) is 6.73. The summed E-state index contributed by atoms with van der Waals surface area (Å²) in [5.41, 5.74) is 0.948. The number of carbonyl (C=O) groups is 1. The van der Waals surface area contributed by atoms with Gasteiger partial charge in [0.15, 0.2) is 0 Å². The molecule has 4 rings (SSSR count). The third-order valence-electron chi connectivity index (χ3n) is 6.33. The lowest BCUT2D eigenvalue weighted by atomic mass is 10.1. The zero-order valence-corrected chi connectivity index (χ0v) is 22.8. The maximum absolute atomic E-state index is 13.3. The fraction of sp³-hybridized carbons (Fsp3) is 0.462. The van der Waals surface area contributed by atoms with Gasteiger partial charge in [-0.15, -0.1) is 0 Å². The van der Waals surface area contributed by atoms with E-state index in [0.29, 0.717) is 16.9 Å². The molecule has 3 aromatic rings. The fourth-order valence-corrected chi connectivity index (χ4v) is 4.95. The van der Waals surface area contributed by atoms with Crippen molar-refractivity contribution < 1.29 is 14.3 Å². The van der Waals surface area contributed by atoms with E-state index in [0.717, 1.165) is 5.52 Å². The molecule has 1 fully saturated rings. The zero-order chi connectivity index (χ0) is 27.3. The number of aryl methyl sites for hydroxylation is 1. The number of hydrogen-bond acceptors (Lipinski definition) is 7. The lowest BCUT2D eigenvalue weighted by Gasteiger charge is -2.35. The predicted molar refractivity (Wildman–Crippen MR) is 141 cm³/mol. The van der Waals surface area contributed by atoms with E-state index < -0.39 is 23.5 Å². The lowest BCUT2D eigenvalue weighted by molar-refractivity contribution is -0.0757. The predicted octanol–water partition coefficient (Wildman–Crippen LogP) is 4.76. The Balaban J connectivity index is 1.74. The molecule has 0 saturated carbocycles. The van der Waals surface area contributed by atoms with Gasteiger partial charge < -0.3 is 14.8 Å². The van der Waals surface area contributed by atoms with Crippen LogP contribution in [0.1, 0.15) is 47.1 Å². The molecule has 11 heteroatoms. The molecule has 1 aromatic carbocycles. The number of nitrogens with zero attached hydrogens (tertiary/aromatic N) is 5. The van der Waals surface area contributed by atoms with Gasteiger partial charge in [-0.2, -0.15) is 5.26 Å². The van der Waals surface area contributed by atoms with E-state index in [2.05, 4.69) is 16.4 Å². The quantitative estimate of drug-likeness (QED) is 0.487. The second kappa shape index (κ2) is 9.39. The smallest absolute Gasteiger partial charge is 0.412 e. The molecule has 2 unspecified atom stereocenters. The molecular formula is C26H31ClN6O4. The van der Waals surface area contributed by atoms with E-state index in [-0.39, 0.29) is 29.1 Å². The van der Waals surface area contributed by atoms with Crippen molar-refractivity contribution in [2.75, 3.05) is 5.32 Å². The van der Waals surface area contributed by atoms with Crippen LogP contribution in [0, 0.1) is 11.3 Å². The van der Waals surface area contributed by atoms with Crippen LogP contribution in [0.5, 0.6) is 0 Å². The fourth-order valence-electron chi connectivity index (χ4n) is 4.75. The van der Waals surface area contributed by atoms with Gasteiger partial charge in [-0.05, 0) is 65.8 Å². The van der Waals surface area contributed by atoms with Crippen molar-refractivity contribution in [3.63, 3.8) is 0 Å². The van der Waals surface area contributed by atoms with Gasteiger partial charge in [-0.1, -0.05) is 11.6 Å². The molecule has 196 valence electrons. The molecule has 3 heterocycles. The van der Waals surface area contributed by atoms with Gasteiger partial charge in [0, 0.05) is 18.9 Å². The standard InChI is InChI=1S/C26H31ClN6O4/c1-15-21(33(26(5,6)36-15)24(35)37-25(2,3)4)14-32-20-12-16(8-9-19(20)31(7)23(32)34)30-18-10-11-29-22(27)17(18)13-28/h8-12,15,21H,14H2,1-7H3,(H,29,30). The summed E-state index contributed by atoms with van der Waals surface area (Å²) in [6, 6.07) is 8.74. The Morgan fingerprint density at radius 2 is 2.00 bits per heavy atom. The van der Waals surface area contributed by atoms with Crippen molar-refractivity contribution in [1.29, 1.82) is 5.26 Å². The van der Waals surface area contributed by atoms with Crippen molar-refractivity contribution in [2.24, 2.45) is 7.05 Å². The number of rotatable bonds is 4. The minimum atomic E-state index is -0.915. The third kappa shape index (κ3) is 5.02. The molecule has 2 aromatic heterocycles. The van der Waals surface area contributed by atoms with Crippen LogP contribution >= 0.6 is 11.6 Å². The van der Waals surface area contributed by atoms with Gasteiger partial charge in [0.2, 0.25) is 0 Å². The van der Waals surface area contributed by atoms with E-state index in [9.17, 15) is 14.9 Å². The average Bonchev–Trinajstić information content (AvgIpc) is 3.15. The summed E-state index contributed by atoms with van der Waals surface area (Å²) in [6.07, 6.45) is 0.668. The Labute approximate surface area is 220 Å². The number of anilines is 2. The summed E-state index contributed by atoms with van der Waals surface area (Å²) in [5, 5.41) is 12.8. The Hall–Kier alpha value is -3.55. The van der Waals surface area contributed by atoms with Crippen LogP contribution in [0.15, 0.2) is 35.3 Å². The van der Waals surface area contributed by atoms with Crippen LogP contribution in [-0.2, 0) is 23.1 Å². The summed E-state index contributed by atoms with van der Waals surface area (Å²) in [7, 11) is 1.70. The number of ether oxygens (including phenoxy) is 2. The molecule has 1 saturated heterocycles. The summed E-state index contributed by atoms with van der Waals surface area (Å²) in [4.78, 5) is 32.1. The SMILES string of the molecule is CC1OC(C)(C)N(C(=O)OC(C)(C)C)C1Cn1c(=O)n(C)c2ccc(Nc3ccnc(Cl)c3C#N)cc21. The topological polar surface area (TPSA) is 114 Å². The Morgan fingerprint density at radius 1 is 1.30 bits per heavy atom. The molecule has 10 nitrogen and oxygen atoms in total. The molecule has 1 aliphatic rings. The lowest BCUT2D eigenvalue weighted by Crippen LogP contribution is -2.52. The van der Waals surface area contributed by atoms with Crippen molar-refractivity contribution in [1.82, 2.24) is 19.0 Å². The second-order valence-electron chi connectivity index (χ2n) is 10.6. The van der Waals surface area contributed by atoms with E-state index in [1.165, 1.54) is 6.20 Å². The number of nitriles is 1. The molecule has 1 N–H and O–H groups in total. The van der Waals surface area contributed by atoms with Gasteiger partial charge in [0.1, 0.15) is 28.1 Å². The Bertz CT molecular complexity index is 1460. The van der Waals surface area contributed by atoms with Crippen molar-refractivity contribution in [3.8, 4) is 6.07 Å². The summed E-state index contributed by atoms with van der Waals surface area (Å²) >= 11 is 6.07. The first kappa shape index (κ1) is 26.5. The minimum Gasteiger partial charge on any atom is -0.444 e. The van der Waals surface area contributed by atoms with Crippen LogP contribution in [0.3, 0.4) is 0 Å². The first-order valence-corrected chi connectivity index (χ1v) is 12.3. The van der Waals surface area contributed by atoms with E-state index in [1.807, 2.05) is 59.7 Å². The maximum Gasteiger partial charge on any atom is 0.412 e. The largest absolute Gasteiger partial charge is 0.444 e. The molecule has 0 bridgehead atoms. The zero-order valence-electron chi connectivity index (χ0n) is 22.0. The number of benzene rings is 1. The van der Waals surface area contributed by atoms with Crippen molar-refractivity contribution >= 4 is 40.1 Å². The van der Waals surface area contributed by atoms with E-state index >= 15 is 0 Å². The number of nitrogens with one attached hydrogen (secondary N) is 1. The van der Waals surface area contributed by atoms with Gasteiger partial charge in [0.25, 0.3) is 0 Å². The number of carbonyl (C=O) groups excluding carboxylic acids is 1. The summed E-state index contributed by atoms with van der Waals surface area (Å²) < 4.78 is 15.0.